The molecule has 0 saturated heterocycles. The molecular formula is C12H20O. The Balaban J connectivity index is 2.65. The molecule has 0 bridgehead atoms. The van der Waals surface area contributed by atoms with Crippen LogP contribution in [0.15, 0.2) is 11.6 Å². The summed E-state index contributed by atoms with van der Waals surface area (Å²) in [4.78, 5) is 11.4. The van der Waals surface area contributed by atoms with Crippen LogP contribution in [0, 0.1) is 11.8 Å². The van der Waals surface area contributed by atoms with E-state index < -0.39 is 0 Å². The molecule has 2 atom stereocenters. The van der Waals surface area contributed by atoms with E-state index in [1.54, 1.807) is 6.92 Å². The number of carbonyl (C=O) groups excluding carboxylic acids is 1. The minimum absolute atomic E-state index is 0.309. The first-order chi connectivity index (χ1) is 6.15. The first-order valence-corrected chi connectivity index (χ1v) is 5.31. The van der Waals surface area contributed by atoms with Gasteiger partial charge in [0.15, 0.2) is 0 Å². The zero-order valence-electron chi connectivity index (χ0n) is 8.97. The molecule has 13 heavy (non-hydrogen) atoms. The highest BCUT2D eigenvalue weighted by atomic mass is 16.1. The van der Waals surface area contributed by atoms with Gasteiger partial charge in [0, 0.05) is 5.92 Å². The fourth-order valence-electron chi connectivity index (χ4n) is 2.33. The van der Waals surface area contributed by atoms with Crippen molar-refractivity contribution >= 4 is 5.78 Å². The van der Waals surface area contributed by atoms with Gasteiger partial charge in [0.1, 0.15) is 5.78 Å². The van der Waals surface area contributed by atoms with Gasteiger partial charge in [-0.2, -0.15) is 0 Å². The molecule has 1 aliphatic rings. The van der Waals surface area contributed by atoms with E-state index in [-0.39, 0.29) is 0 Å². The molecule has 0 N–H and O–H groups in total. The van der Waals surface area contributed by atoms with Crippen molar-refractivity contribution in [3.05, 3.63) is 11.6 Å². The second-order valence-electron chi connectivity index (χ2n) is 4.26. The lowest BCUT2D eigenvalue weighted by Crippen LogP contribution is -2.24. The maximum absolute atomic E-state index is 11.4. The Morgan fingerprint density at radius 1 is 1.62 bits per heavy atom. The highest BCUT2D eigenvalue weighted by Gasteiger charge is 2.26. The van der Waals surface area contributed by atoms with Gasteiger partial charge in [-0.3, -0.25) is 4.79 Å². The molecule has 0 spiro atoms. The molecular weight excluding hydrogens is 160 g/mol. The molecule has 0 amide bonds. The van der Waals surface area contributed by atoms with Crippen LogP contribution < -0.4 is 0 Å². The molecule has 0 aromatic heterocycles. The van der Waals surface area contributed by atoms with Gasteiger partial charge in [0.05, 0.1) is 0 Å². The first kappa shape index (κ1) is 10.5. The Bertz CT molecular complexity index is 215. The fourth-order valence-corrected chi connectivity index (χ4v) is 2.33. The number of ketones is 1. The summed E-state index contributed by atoms with van der Waals surface area (Å²) < 4.78 is 0. The minimum Gasteiger partial charge on any atom is -0.300 e. The summed E-state index contributed by atoms with van der Waals surface area (Å²) in [6, 6.07) is 0. The van der Waals surface area contributed by atoms with E-state index in [4.69, 9.17) is 0 Å². The van der Waals surface area contributed by atoms with E-state index in [0.29, 0.717) is 17.6 Å². The van der Waals surface area contributed by atoms with Crippen molar-refractivity contribution < 1.29 is 4.79 Å². The van der Waals surface area contributed by atoms with Crippen molar-refractivity contribution in [2.45, 2.75) is 46.5 Å². The SMILES string of the molecule is CCC[C@@H]1CC(C)=CC[C@H]1C(C)=O. The van der Waals surface area contributed by atoms with Crippen LogP contribution in [0.1, 0.15) is 46.5 Å². The van der Waals surface area contributed by atoms with E-state index in [0.717, 1.165) is 12.8 Å². The zero-order valence-corrected chi connectivity index (χ0v) is 8.97. The normalized spacial score (nSPS) is 28.4. The molecule has 74 valence electrons. The number of hydrogen-bond donors (Lipinski definition) is 0. The van der Waals surface area contributed by atoms with Gasteiger partial charge in [-0.15, -0.1) is 0 Å². The van der Waals surface area contributed by atoms with Gasteiger partial charge >= 0.3 is 0 Å². The van der Waals surface area contributed by atoms with E-state index in [1.165, 1.54) is 18.4 Å². The van der Waals surface area contributed by atoms with Crippen LogP contribution in [0.4, 0.5) is 0 Å². The van der Waals surface area contributed by atoms with Crippen LogP contribution in [-0.2, 0) is 4.79 Å². The third-order valence-corrected chi connectivity index (χ3v) is 3.06. The number of rotatable bonds is 3. The molecule has 0 radical (unpaired) electrons. The van der Waals surface area contributed by atoms with Crippen molar-refractivity contribution in [2.24, 2.45) is 11.8 Å². The van der Waals surface area contributed by atoms with Crippen LogP contribution in [0.5, 0.6) is 0 Å². The second kappa shape index (κ2) is 4.59. The predicted octanol–water partition coefficient (Wildman–Crippen LogP) is 3.35. The first-order valence-electron chi connectivity index (χ1n) is 5.31. The summed E-state index contributed by atoms with van der Waals surface area (Å²) in [6.45, 7) is 6.12. The van der Waals surface area contributed by atoms with Crippen LogP contribution in [0.25, 0.3) is 0 Å². The van der Waals surface area contributed by atoms with Crippen molar-refractivity contribution in [2.75, 3.05) is 0 Å². The summed E-state index contributed by atoms with van der Waals surface area (Å²) >= 11 is 0. The van der Waals surface area contributed by atoms with Gasteiger partial charge in [0.2, 0.25) is 0 Å². The Morgan fingerprint density at radius 2 is 2.31 bits per heavy atom. The average Bonchev–Trinajstić information content (AvgIpc) is 2.04. The van der Waals surface area contributed by atoms with Crippen molar-refractivity contribution in [1.82, 2.24) is 0 Å². The van der Waals surface area contributed by atoms with Gasteiger partial charge in [-0.1, -0.05) is 25.0 Å². The molecule has 0 heterocycles. The smallest absolute Gasteiger partial charge is 0.133 e. The Labute approximate surface area is 81.2 Å². The number of allylic oxidation sites excluding steroid dienone is 2. The van der Waals surface area contributed by atoms with E-state index in [2.05, 4.69) is 19.9 Å². The van der Waals surface area contributed by atoms with E-state index >= 15 is 0 Å². The zero-order chi connectivity index (χ0) is 9.84. The molecule has 0 aliphatic heterocycles. The summed E-state index contributed by atoms with van der Waals surface area (Å²) in [6.07, 6.45) is 6.75. The molecule has 0 fully saturated rings. The highest BCUT2D eigenvalue weighted by Crippen LogP contribution is 2.33. The van der Waals surface area contributed by atoms with Crippen molar-refractivity contribution in [1.29, 1.82) is 0 Å². The quantitative estimate of drug-likeness (QED) is 0.609. The van der Waals surface area contributed by atoms with Crippen LogP contribution in [-0.4, -0.2) is 5.78 Å². The van der Waals surface area contributed by atoms with Crippen molar-refractivity contribution in [3.63, 3.8) is 0 Å². The lowest BCUT2D eigenvalue weighted by molar-refractivity contribution is -0.122. The maximum atomic E-state index is 11.4. The molecule has 1 rings (SSSR count). The summed E-state index contributed by atoms with van der Waals surface area (Å²) in [5.74, 6) is 1.30. The van der Waals surface area contributed by atoms with Gasteiger partial charge < -0.3 is 0 Å². The third kappa shape index (κ3) is 2.68. The topological polar surface area (TPSA) is 17.1 Å². The second-order valence-corrected chi connectivity index (χ2v) is 4.26. The van der Waals surface area contributed by atoms with Gasteiger partial charge in [0.25, 0.3) is 0 Å². The maximum Gasteiger partial charge on any atom is 0.133 e. The molecule has 0 aromatic rings. The largest absolute Gasteiger partial charge is 0.300 e. The van der Waals surface area contributed by atoms with E-state index in [9.17, 15) is 4.79 Å². The lowest BCUT2D eigenvalue weighted by atomic mass is 9.76. The number of Topliss-reactive ketones (excluding diaryl/α,β-unsaturated/α-hetero) is 1. The van der Waals surface area contributed by atoms with Gasteiger partial charge in [-0.05, 0) is 39.0 Å². The molecule has 1 aliphatic carbocycles. The van der Waals surface area contributed by atoms with E-state index in [1.807, 2.05) is 0 Å². The Morgan fingerprint density at radius 3 is 2.85 bits per heavy atom. The van der Waals surface area contributed by atoms with Crippen molar-refractivity contribution in [3.8, 4) is 0 Å². The third-order valence-electron chi connectivity index (χ3n) is 3.06. The molecule has 1 nitrogen and oxygen atoms in total. The molecule has 0 saturated carbocycles. The van der Waals surface area contributed by atoms with Crippen LogP contribution in [0.2, 0.25) is 0 Å². The molecule has 0 aromatic carbocycles. The Kier molecular flexibility index (Phi) is 3.71. The number of carbonyl (C=O) groups is 1. The fraction of sp³-hybridized carbons (Fsp3) is 0.750. The lowest BCUT2D eigenvalue weighted by Gasteiger charge is -2.28. The predicted molar refractivity (Wildman–Crippen MR) is 55.6 cm³/mol. The molecule has 1 heteroatoms. The summed E-state index contributed by atoms with van der Waals surface area (Å²) in [5.41, 5.74) is 1.47. The summed E-state index contributed by atoms with van der Waals surface area (Å²) in [5, 5.41) is 0. The average molecular weight is 180 g/mol. The van der Waals surface area contributed by atoms with Gasteiger partial charge in [-0.25, -0.2) is 0 Å². The number of hydrogen-bond acceptors (Lipinski definition) is 1. The summed E-state index contributed by atoms with van der Waals surface area (Å²) in [7, 11) is 0. The Hall–Kier alpha value is -0.590. The van der Waals surface area contributed by atoms with Crippen LogP contribution >= 0.6 is 0 Å². The van der Waals surface area contributed by atoms with Crippen LogP contribution in [0.3, 0.4) is 0 Å². The minimum atomic E-state index is 0.309. The highest BCUT2D eigenvalue weighted by molar-refractivity contribution is 5.79. The standard InChI is InChI=1S/C12H20O/c1-4-5-11-8-9(2)6-7-12(11)10(3)13/h6,11-12H,4-5,7-8H2,1-3H3/t11-,12+/m1/s1. The monoisotopic (exact) mass is 180 g/mol. The molecule has 0 unspecified atom stereocenters.